The van der Waals surface area contributed by atoms with Gasteiger partial charge in [-0.25, -0.2) is 0 Å². The van der Waals surface area contributed by atoms with Crippen molar-refractivity contribution in [1.82, 2.24) is 15.9 Å². The van der Waals surface area contributed by atoms with Crippen molar-refractivity contribution in [2.24, 2.45) is 4.99 Å². The molecule has 0 aromatic heterocycles. The standard InChI is InChI=1S/C9H14N4O2/c14-6-4-10-9-8(12-15)7-3-1-2-5-13(7)11-9/h1-3,5,7-8,12,14-15H,4,6H2,(H,10,11). The number of aliphatic hydroxyl groups is 1. The minimum atomic E-state index is -0.280. The van der Waals surface area contributed by atoms with Crippen molar-refractivity contribution in [3.8, 4) is 0 Å². The van der Waals surface area contributed by atoms with Gasteiger partial charge in [-0.05, 0) is 6.08 Å². The van der Waals surface area contributed by atoms with Crippen LogP contribution in [0.25, 0.3) is 0 Å². The quantitative estimate of drug-likeness (QED) is 0.449. The molecule has 6 nitrogen and oxygen atoms in total. The number of hydrazine groups is 1. The van der Waals surface area contributed by atoms with Crippen LogP contribution in [-0.4, -0.2) is 46.4 Å². The SMILES string of the molecule is OCCN=C1NN2C=CC=CC2C1NO. The second-order valence-electron chi connectivity index (χ2n) is 3.33. The van der Waals surface area contributed by atoms with Crippen LogP contribution in [0.15, 0.2) is 29.4 Å². The number of aliphatic hydroxyl groups excluding tert-OH is 1. The number of hydrogen-bond acceptors (Lipinski definition) is 5. The van der Waals surface area contributed by atoms with E-state index in [1.54, 1.807) is 0 Å². The second kappa shape index (κ2) is 4.43. The molecule has 1 fully saturated rings. The van der Waals surface area contributed by atoms with E-state index in [0.717, 1.165) is 0 Å². The molecule has 2 rings (SSSR count). The maximum atomic E-state index is 9.06. The molecule has 82 valence electrons. The number of fused-ring (bicyclic) bond motifs is 1. The second-order valence-corrected chi connectivity index (χ2v) is 3.33. The summed E-state index contributed by atoms with van der Waals surface area (Å²) >= 11 is 0. The van der Waals surface area contributed by atoms with Crippen molar-refractivity contribution in [2.45, 2.75) is 12.1 Å². The number of hydroxylamine groups is 1. The molecule has 0 aromatic rings. The van der Waals surface area contributed by atoms with Crippen molar-refractivity contribution in [1.29, 1.82) is 0 Å². The molecule has 0 aromatic carbocycles. The smallest absolute Gasteiger partial charge is 0.137 e. The van der Waals surface area contributed by atoms with Crippen molar-refractivity contribution in [2.75, 3.05) is 13.2 Å². The Balaban J connectivity index is 2.15. The number of hydrogen-bond donors (Lipinski definition) is 4. The summed E-state index contributed by atoms with van der Waals surface area (Å²) < 4.78 is 0. The first-order valence-electron chi connectivity index (χ1n) is 4.81. The highest BCUT2D eigenvalue weighted by Gasteiger charge is 2.36. The molecule has 15 heavy (non-hydrogen) atoms. The Hall–Kier alpha value is -1.37. The first-order chi connectivity index (χ1) is 7.36. The van der Waals surface area contributed by atoms with Crippen molar-refractivity contribution < 1.29 is 10.3 Å². The molecule has 2 aliphatic heterocycles. The van der Waals surface area contributed by atoms with Crippen LogP contribution in [0.5, 0.6) is 0 Å². The third kappa shape index (κ3) is 1.87. The van der Waals surface area contributed by atoms with E-state index >= 15 is 0 Å². The van der Waals surface area contributed by atoms with Crippen LogP contribution in [0.4, 0.5) is 0 Å². The minimum absolute atomic E-state index is 0.000324. The molecule has 2 unspecified atom stereocenters. The van der Waals surface area contributed by atoms with Gasteiger partial charge in [-0.15, -0.1) is 0 Å². The number of amidine groups is 1. The van der Waals surface area contributed by atoms with Gasteiger partial charge in [0.05, 0.1) is 19.2 Å². The van der Waals surface area contributed by atoms with Crippen LogP contribution in [-0.2, 0) is 0 Å². The van der Waals surface area contributed by atoms with Crippen molar-refractivity contribution in [3.05, 3.63) is 24.4 Å². The molecule has 4 N–H and O–H groups in total. The van der Waals surface area contributed by atoms with E-state index in [1.807, 2.05) is 29.4 Å². The number of nitrogens with one attached hydrogen (secondary N) is 2. The highest BCUT2D eigenvalue weighted by atomic mass is 16.5. The Morgan fingerprint density at radius 2 is 2.40 bits per heavy atom. The Kier molecular flexibility index (Phi) is 3.00. The zero-order chi connectivity index (χ0) is 10.7. The maximum Gasteiger partial charge on any atom is 0.137 e. The summed E-state index contributed by atoms with van der Waals surface area (Å²) in [5, 5.41) is 19.6. The summed E-state index contributed by atoms with van der Waals surface area (Å²) in [6, 6.07) is -0.268. The first kappa shape index (κ1) is 10.2. The maximum absolute atomic E-state index is 9.06. The predicted molar refractivity (Wildman–Crippen MR) is 55.1 cm³/mol. The van der Waals surface area contributed by atoms with E-state index in [-0.39, 0.29) is 18.7 Å². The molecule has 2 atom stereocenters. The van der Waals surface area contributed by atoms with E-state index < -0.39 is 0 Å². The van der Waals surface area contributed by atoms with Gasteiger partial charge in [0.15, 0.2) is 0 Å². The zero-order valence-electron chi connectivity index (χ0n) is 8.17. The van der Waals surface area contributed by atoms with E-state index in [9.17, 15) is 0 Å². The van der Waals surface area contributed by atoms with Gasteiger partial charge >= 0.3 is 0 Å². The molecule has 0 amide bonds. The largest absolute Gasteiger partial charge is 0.394 e. The molecule has 2 aliphatic rings. The molecular formula is C9H14N4O2. The lowest BCUT2D eigenvalue weighted by Crippen LogP contribution is -2.41. The fraction of sp³-hybridized carbons (Fsp3) is 0.444. The number of rotatable bonds is 3. The van der Waals surface area contributed by atoms with Crippen LogP contribution >= 0.6 is 0 Å². The van der Waals surface area contributed by atoms with Gasteiger partial charge in [-0.2, -0.15) is 5.48 Å². The molecule has 0 saturated carbocycles. The van der Waals surface area contributed by atoms with Gasteiger partial charge in [-0.1, -0.05) is 12.2 Å². The Bertz CT molecular complexity index is 313. The number of aliphatic imine (C=N–C) groups is 1. The fourth-order valence-electron chi connectivity index (χ4n) is 1.70. The van der Waals surface area contributed by atoms with Gasteiger partial charge in [0.1, 0.15) is 11.9 Å². The Morgan fingerprint density at radius 3 is 3.13 bits per heavy atom. The fourth-order valence-corrected chi connectivity index (χ4v) is 1.70. The van der Waals surface area contributed by atoms with Crippen LogP contribution < -0.4 is 10.9 Å². The van der Waals surface area contributed by atoms with Crippen LogP contribution in [0.3, 0.4) is 0 Å². The normalized spacial score (nSPS) is 30.8. The van der Waals surface area contributed by atoms with Crippen LogP contribution in [0, 0.1) is 0 Å². The molecule has 0 radical (unpaired) electrons. The van der Waals surface area contributed by atoms with E-state index in [2.05, 4.69) is 15.9 Å². The lowest BCUT2D eigenvalue weighted by Gasteiger charge is -2.22. The van der Waals surface area contributed by atoms with Crippen LogP contribution in [0.2, 0.25) is 0 Å². The third-order valence-corrected chi connectivity index (χ3v) is 2.39. The average Bonchev–Trinajstić information content (AvgIpc) is 2.63. The summed E-state index contributed by atoms with van der Waals surface area (Å²) in [5.74, 6) is 0.632. The summed E-state index contributed by atoms with van der Waals surface area (Å²) in [6.07, 6.45) is 7.65. The third-order valence-electron chi connectivity index (χ3n) is 2.39. The summed E-state index contributed by atoms with van der Waals surface area (Å²) in [5.41, 5.74) is 5.26. The zero-order valence-corrected chi connectivity index (χ0v) is 8.17. The minimum Gasteiger partial charge on any atom is -0.394 e. The molecule has 1 saturated heterocycles. The Labute approximate surface area is 87.5 Å². The van der Waals surface area contributed by atoms with E-state index in [4.69, 9.17) is 10.3 Å². The highest BCUT2D eigenvalue weighted by molar-refractivity contribution is 5.90. The molecule has 0 aliphatic carbocycles. The van der Waals surface area contributed by atoms with Crippen molar-refractivity contribution in [3.63, 3.8) is 0 Å². The molecular weight excluding hydrogens is 196 g/mol. The van der Waals surface area contributed by atoms with Gasteiger partial charge in [0, 0.05) is 6.20 Å². The number of allylic oxidation sites excluding steroid dienone is 2. The predicted octanol–water partition coefficient (Wildman–Crippen LogP) is -1.00. The first-order valence-corrected chi connectivity index (χ1v) is 4.81. The molecule has 0 bridgehead atoms. The summed E-state index contributed by atoms with van der Waals surface area (Å²) in [7, 11) is 0. The van der Waals surface area contributed by atoms with E-state index in [0.29, 0.717) is 12.4 Å². The van der Waals surface area contributed by atoms with Gasteiger partial charge in [0.2, 0.25) is 0 Å². The lowest BCUT2D eigenvalue weighted by atomic mass is 10.1. The van der Waals surface area contributed by atoms with Gasteiger partial charge in [-0.3, -0.25) is 15.4 Å². The monoisotopic (exact) mass is 210 g/mol. The lowest BCUT2D eigenvalue weighted by molar-refractivity contribution is 0.131. The summed E-state index contributed by atoms with van der Waals surface area (Å²) in [6.45, 7) is 0.328. The Morgan fingerprint density at radius 1 is 1.53 bits per heavy atom. The average molecular weight is 210 g/mol. The molecule has 6 heteroatoms. The van der Waals surface area contributed by atoms with Gasteiger partial charge in [0.25, 0.3) is 0 Å². The van der Waals surface area contributed by atoms with Gasteiger partial charge < -0.3 is 10.3 Å². The molecule has 0 spiro atoms. The number of nitrogens with zero attached hydrogens (tertiary/aromatic N) is 2. The summed E-state index contributed by atoms with van der Waals surface area (Å²) in [4.78, 5) is 4.14. The highest BCUT2D eigenvalue weighted by Crippen LogP contribution is 2.16. The topological polar surface area (TPSA) is 80.1 Å². The van der Waals surface area contributed by atoms with Crippen molar-refractivity contribution >= 4 is 5.84 Å². The van der Waals surface area contributed by atoms with Crippen LogP contribution in [0.1, 0.15) is 0 Å². The van der Waals surface area contributed by atoms with E-state index in [1.165, 1.54) is 0 Å². The molecule has 2 heterocycles.